The van der Waals surface area contributed by atoms with Crippen molar-refractivity contribution in [2.45, 2.75) is 18.1 Å². The van der Waals surface area contributed by atoms with E-state index < -0.39 is 16.0 Å². The molecule has 0 unspecified atom stereocenters. The van der Waals surface area contributed by atoms with Crippen LogP contribution in [0.25, 0.3) is 0 Å². The van der Waals surface area contributed by atoms with Crippen LogP contribution in [0, 0.1) is 6.92 Å². The molecule has 26 heavy (non-hydrogen) atoms. The number of hydrogen-bond acceptors (Lipinski definition) is 6. The zero-order valence-electron chi connectivity index (χ0n) is 14.7. The van der Waals surface area contributed by atoms with Gasteiger partial charge in [0.2, 0.25) is 15.9 Å². The van der Waals surface area contributed by atoms with Crippen LogP contribution in [0.3, 0.4) is 0 Å². The van der Waals surface area contributed by atoms with Gasteiger partial charge in [-0.05, 0) is 37.3 Å². The summed E-state index contributed by atoms with van der Waals surface area (Å²) in [5.74, 6) is -0.776. The second-order valence-corrected chi connectivity index (χ2v) is 8.76. The molecule has 2 aromatic rings. The molecule has 0 atom stereocenters. The lowest BCUT2D eigenvalue weighted by atomic mass is 10.2. The topological polar surface area (TPSA) is 92.8 Å². The maximum absolute atomic E-state index is 12.3. The number of carbonyl (C=O) groups excluding carboxylic acids is 2. The molecule has 1 heterocycles. The number of ether oxygens (including phenoxy) is 1. The highest BCUT2D eigenvalue weighted by atomic mass is 32.2. The Hall–Kier alpha value is -2.23. The van der Waals surface area contributed by atoms with E-state index in [9.17, 15) is 18.0 Å². The zero-order chi connectivity index (χ0) is 19.3. The Morgan fingerprint density at radius 2 is 1.96 bits per heavy atom. The third-order valence-corrected chi connectivity index (χ3v) is 6.52. The van der Waals surface area contributed by atoms with Crippen LogP contribution in [0.15, 0.2) is 40.6 Å². The SMILES string of the molecule is COC(=O)c1cccc(N(CCNS(=O)(=O)c2ccc(C)s2)C(C)=O)c1. The molecule has 0 fully saturated rings. The molecule has 0 radical (unpaired) electrons. The van der Waals surface area contributed by atoms with Crippen LogP contribution in [-0.4, -0.2) is 40.5 Å². The predicted molar refractivity (Wildman–Crippen MR) is 100 cm³/mol. The maximum Gasteiger partial charge on any atom is 0.337 e. The van der Waals surface area contributed by atoms with Crippen molar-refractivity contribution in [1.82, 2.24) is 4.72 Å². The molecule has 140 valence electrons. The molecule has 0 aliphatic heterocycles. The van der Waals surface area contributed by atoms with Crippen molar-refractivity contribution in [3.05, 3.63) is 46.8 Å². The van der Waals surface area contributed by atoms with E-state index in [4.69, 9.17) is 0 Å². The van der Waals surface area contributed by atoms with Gasteiger partial charge < -0.3 is 9.64 Å². The lowest BCUT2D eigenvalue weighted by Gasteiger charge is -2.21. The van der Waals surface area contributed by atoms with E-state index in [0.717, 1.165) is 4.88 Å². The van der Waals surface area contributed by atoms with Gasteiger partial charge in [0, 0.05) is 30.6 Å². The van der Waals surface area contributed by atoms with Gasteiger partial charge in [-0.3, -0.25) is 4.79 Å². The summed E-state index contributed by atoms with van der Waals surface area (Å²) in [7, 11) is -2.34. The maximum atomic E-state index is 12.3. The Morgan fingerprint density at radius 1 is 1.23 bits per heavy atom. The first-order valence-electron chi connectivity index (χ1n) is 7.77. The van der Waals surface area contributed by atoms with E-state index in [2.05, 4.69) is 9.46 Å². The van der Waals surface area contributed by atoms with E-state index in [1.54, 1.807) is 30.3 Å². The first-order chi connectivity index (χ1) is 12.2. The molecule has 0 aliphatic rings. The summed E-state index contributed by atoms with van der Waals surface area (Å²) in [5, 5.41) is 0. The van der Waals surface area contributed by atoms with E-state index in [0.29, 0.717) is 11.3 Å². The van der Waals surface area contributed by atoms with E-state index in [1.165, 1.54) is 36.3 Å². The molecular formula is C17H20N2O5S2. The first kappa shape index (κ1) is 20.1. The van der Waals surface area contributed by atoms with Gasteiger partial charge in [-0.15, -0.1) is 11.3 Å². The molecular weight excluding hydrogens is 376 g/mol. The fraction of sp³-hybridized carbons (Fsp3) is 0.294. The van der Waals surface area contributed by atoms with Crippen molar-refractivity contribution in [2.75, 3.05) is 25.1 Å². The monoisotopic (exact) mass is 396 g/mol. The molecule has 2 rings (SSSR count). The van der Waals surface area contributed by atoms with Gasteiger partial charge in [-0.1, -0.05) is 6.07 Å². The highest BCUT2D eigenvalue weighted by molar-refractivity contribution is 7.91. The smallest absolute Gasteiger partial charge is 0.337 e. The number of rotatable bonds is 7. The second kappa shape index (κ2) is 8.43. The molecule has 1 aromatic heterocycles. The number of methoxy groups -OCH3 is 1. The Kier molecular flexibility index (Phi) is 6.52. The molecule has 0 saturated carbocycles. The quantitative estimate of drug-likeness (QED) is 0.724. The number of carbonyl (C=O) groups is 2. The normalized spacial score (nSPS) is 11.2. The van der Waals surface area contributed by atoms with E-state index in [1.807, 2.05) is 6.92 Å². The number of amides is 1. The summed E-state index contributed by atoms with van der Waals surface area (Å²) < 4.78 is 31.9. The van der Waals surface area contributed by atoms with Crippen molar-refractivity contribution in [3.63, 3.8) is 0 Å². The summed E-state index contributed by atoms with van der Waals surface area (Å²) in [6.07, 6.45) is 0. The Bertz CT molecular complexity index is 905. The van der Waals surface area contributed by atoms with Crippen molar-refractivity contribution < 1.29 is 22.7 Å². The highest BCUT2D eigenvalue weighted by Crippen LogP contribution is 2.20. The number of esters is 1. The average molecular weight is 396 g/mol. The minimum absolute atomic E-state index is 0.0430. The van der Waals surface area contributed by atoms with E-state index >= 15 is 0 Å². The number of aryl methyl sites for hydroxylation is 1. The fourth-order valence-corrected chi connectivity index (χ4v) is 4.66. The van der Waals surface area contributed by atoms with Crippen LogP contribution in [0.5, 0.6) is 0 Å². The molecule has 1 aromatic carbocycles. The Morgan fingerprint density at radius 3 is 2.54 bits per heavy atom. The van der Waals surface area contributed by atoms with Crippen LogP contribution in [-0.2, 0) is 19.6 Å². The largest absolute Gasteiger partial charge is 0.465 e. The lowest BCUT2D eigenvalue weighted by Crippen LogP contribution is -2.37. The molecule has 0 saturated heterocycles. The van der Waals surface area contributed by atoms with E-state index in [-0.39, 0.29) is 23.2 Å². The Balaban J connectivity index is 2.10. The highest BCUT2D eigenvalue weighted by Gasteiger charge is 2.18. The van der Waals surface area contributed by atoms with Gasteiger partial charge >= 0.3 is 5.97 Å². The average Bonchev–Trinajstić information content (AvgIpc) is 3.05. The molecule has 0 bridgehead atoms. The summed E-state index contributed by atoms with van der Waals surface area (Å²) in [5.41, 5.74) is 0.803. The minimum Gasteiger partial charge on any atom is -0.465 e. The van der Waals surface area contributed by atoms with Gasteiger partial charge in [0.1, 0.15) is 4.21 Å². The summed E-state index contributed by atoms with van der Waals surface area (Å²) >= 11 is 1.18. The molecule has 1 amide bonds. The van der Waals surface area contributed by atoms with Crippen LogP contribution >= 0.6 is 11.3 Å². The summed E-state index contributed by atoms with van der Waals surface area (Å²) in [6, 6.07) is 9.70. The van der Waals surface area contributed by atoms with Crippen molar-refractivity contribution in [2.24, 2.45) is 0 Å². The summed E-state index contributed by atoms with van der Waals surface area (Å²) in [4.78, 5) is 25.9. The molecule has 7 nitrogen and oxygen atoms in total. The van der Waals surface area contributed by atoms with Crippen LogP contribution in [0.2, 0.25) is 0 Å². The number of nitrogens with one attached hydrogen (secondary N) is 1. The predicted octanol–water partition coefficient (Wildman–Crippen LogP) is 2.17. The van der Waals surface area contributed by atoms with Crippen molar-refractivity contribution >= 4 is 38.9 Å². The van der Waals surface area contributed by atoms with Gasteiger partial charge in [0.25, 0.3) is 0 Å². The minimum atomic E-state index is -3.61. The van der Waals surface area contributed by atoms with Crippen molar-refractivity contribution in [3.8, 4) is 0 Å². The van der Waals surface area contributed by atoms with Crippen LogP contribution in [0.1, 0.15) is 22.2 Å². The number of anilines is 1. The molecule has 1 N–H and O–H groups in total. The molecule has 0 aliphatic carbocycles. The number of nitrogens with zero attached hydrogens (tertiary/aromatic N) is 1. The van der Waals surface area contributed by atoms with Gasteiger partial charge in [0.15, 0.2) is 0 Å². The summed E-state index contributed by atoms with van der Waals surface area (Å²) in [6.45, 7) is 3.38. The molecule has 9 heteroatoms. The second-order valence-electron chi connectivity index (χ2n) is 5.48. The number of sulfonamides is 1. The fourth-order valence-electron chi connectivity index (χ4n) is 2.31. The van der Waals surface area contributed by atoms with Gasteiger partial charge in [0.05, 0.1) is 12.7 Å². The third kappa shape index (κ3) is 4.90. The van der Waals surface area contributed by atoms with Crippen molar-refractivity contribution in [1.29, 1.82) is 0 Å². The number of hydrogen-bond donors (Lipinski definition) is 1. The standard InChI is InChI=1S/C17H20N2O5S2/c1-12-7-8-16(25-12)26(22,23)18-9-10-19(13(2)20)15-6-4-5-14(11-15)17(21)24-3/h4-8,11,18H,9-10H2,1-3H3. The van der Waals surface area contributed by atoms with Gasteiger partial charge in [-0.2, -0.15) is 0 Å². The third-order valence-electron chi connectivity index (χ3n) is 3.57. The Labute approximate surface area is 156 Å². The number of benzene rings is 1. The molecule has 0 spiro atoms. The first-order valence-corrected chi connectivity index (χ1v) is 10.1. The van der Waals surface area contributed by atoms with Crippen LogP contribution < -0.4 is 9.62 Å². The zero-order valence-corrected chi connectivity index (χ0v) is 16.3. The van der Waals surface area contributed by atoms with Gasteiger partial charge in [-0.25, -0.2) is 17.9 Å². The number of thiophene rings is 1. The lowest BCUT2D eigenvalue weighted by molar-refractivity contribution is -0.116. The van der Waals surface area contributed by atoms with Crippen LogP contribution in [0.4, 0.5) is 5.69 Å².